The predicted molar refractivity (Wildman–Crippen MR) is 60.5 cm³/mol. The van der Waals surface area contributed by atoms with Gasteiger partial charge in [0.1, 0.15) is 0 Å². The van der Waals surface area contributed by atoms with Gasteiger partial charge in [-0.15, -0.1) is 21.8 Å². The molecule has 1 aromatic rings. The van der Waals surface area contributed by atoms with Crippen LogP contribution in [0, 0.1) is 6.92 Å². The topological polar surface area (TPSA) is 25.8 Å². The molecule has 2 nitrogen and oxygen atoms in total. The fourth-order valence-electron chi connectivity index (χ4n) is 1.32. The summed E-state index contributed by atoms with van der Waals surface area (Å²) >= 11 is 17.7. The van der Waals surface area contributed by atoms with Crippen molar-refractivity contribution in [1.29, 1.82) is 0 Å². The van der Waals surface area contributed by atoms with Crippen LogP contribution in [0.1, 0.15) is 25.0 Å². The van der Waals surface area contributed by atoms with Crippen molar-refractivity contribution in [3.05, 3.63) is 21.4 Å². The Hall–Kier alpha value is -0.0500. The Bertz CT molecular complexity index is 350. The van der Waals surface area contributed by atoms with Gasteiger partial charge in [-0.2, -0.15) is 0 Å². The van der Waals surface area contributed by atoms with Crippen LogP contribution < -0.4 is 0 Å². The zero-order chi connectivity index (χ0) is 10.9. The fraction of sp³-hybridized carbons (Fsp3) is 0.556. The first-order valence-electron chi connectivity index (χ1n) is 4.15. The molecule has 0 aromatic carbocycles. The molecule has 1 rings (SSSR count). The third-order valence-corrected chi connectivity index (χ3v) is 3.42. The van der Waals surface area contributed by atoms with Crippen LogP contribution in [0.4, 0.5) is 0 Å². The van der Waals surface area contributed by atoms with E-state index in [1.807, 2.05) is 20.8 Å². The van der Waals surface area contributed by atoms with E-state index in [0.717, 1.165) is 11.1 Å². The second-order valence-electron chi connectivity index (χ2n) is 3.80. The van der Waals surface area contributed by atoms with Crippen LogP contribution in [0.25, 0.3) is 0 Å². The summed E-state index contributed by atoms with van der Waals surface area (Å²) in [5.41, 5.74) is 1.47. The summed E-state index contributed by atoms with van der Waals surface area (Å²) in [5, 5.41) is 8.26. The first-order valence-corrected chi connectivity index (χ1v) is 5.44. The molecule has 0 N–H and O–H groups in total. The molecular weight excluding hydrogens is 242 g/mol. The molecule has 14 heavy (non-hydrogen) atoms. The zero-order valence-corrected chi connectivity index (χ0v) is 10.5. The summed E-state index contributed by atoms with van der Waals surface area (Å²) in [6, 6.07) is 0. The second kappa shape index (κ2) is 4.21. The van der Waals surface area contributed by atoms with Gasteiger partial charge in [-0.05, 0) is 12.5 Å². The van der Waals surface area contributed by atoms with Crippen molar-refractivity contribution in [2.75, 3.05) is 5.88 Å². The predicted octanol–water partition coefficient (Wildman–Crippen LogP) is 3.61. The Morgan fingerprint density at radius 1 is 1.14 bits per heavy atom. The molecule has 1 aromatic heterocycles. The monoisotopic (exact) mass is 252 g/mol. The van der Waals surface area contributed by atoms with Crippen LogP contribution in [0.15, 0.2) is 0 Å². The summed E-state index contributed by atoms with van der Waals surface area (Å²) in [5.74, 6) is 0.454. The van der Waals surface area contributed by atoms with Gasteiger partial charge in [0.15, 0.2) is 10.3 Å². The minimum Gasteiger partial charge on any atom is -0.137 e. The van der Waals surface area contributed by atoms with Crippen LogP contribution >= 0.6 is 34.8 Å². The van der Waals surface area contributed by atoms with Crippen LogP contribution in [0.2, 0.25) is 10.3 Å². The molecule has 0 bridgehead atoms. The Morgan fingerprint density at radius 3 is 2.14 bits per heavy atom. The molecule has 0 atom stereocenters. The molecule has 0 fully saturated rings. The van der Waals surface area contributed by atoms with Crippen molar-refractivity contribution < 1.29 is 0 Å². The highest BCUT2D eigenvalue weighted by Crippen LogP contribution is 2.34. The summed E-state index contributed by atoms with van der Waals surface area (Å²) in [6.45, 7) is 5.85. The molecular formula is C9H11Cl3N2. The summed E-state index contributed by atoms with van der Waals surface area (Å²) < 4.78 is 0. The average molecular weight is 254 g/mol. The Morgan fingerprint density at radius 2 is 1.64 bits per heavy atom. The van der Waals surface area contributed by atoms with Gasteiger partial charge in [0.05, 0.1) is 0 Å². The second-order valence-corrected chi connectivity index (χ2v) is 4.78. The number of rotatable bonds is 2. The van der Waals surface area contributed by atoms with Gasteiger partial charge in [-0.1, -0.05) is 37.0 Å². The van der Waals surface area contributed by atoms with E-state index >= 15 is 0 Å². The summed E-state index contributed by atoms with van der Waals surface area (Å²) in [6.07, 6.45) is 0. The lowest BCUT2D eigenvalue weighted by atomic mass is 9.85. The maximum absolute atomic E-state index is 5.97. The largest absolute Gasteiger partial charge is 0.155 e. The average Bonchev–Trinajstić information content (AvgIpc) is 2.12. The lowest BCUT2D eigenvalue weighted by molar-refractivity contribution is 0.588. The van der Waals surface area contributed by atoms with Crippen LogP contribution in [0.5, 0.6) is 0 Å². The van der Waals surface area contributed by atoms with Crippen LogP contribution in [0.3, 0.4) is 0 Å². The molecule has 0 aliphatic rings. The third kappa shape index (κ3) is 2.13. The van der Waals surface area contributed by atoms with E-state index in [-0.39, 0.29) is 5.41 Å². The lowest BCUT2D eigenvalue weighted by Crippen LogP contribution is -2.22. The number of hydrogen-bond acceptors (Lipinski definition) is 2. The van der Waals surface area contributed by atoms with E-state index in [4.69, 9.17) is 34.8 Å². The van der Waals surface area contributed by atoms with Crippen molar-refractivity contribution in [3.63, 3.8) is 0 Å². The minimum absolute atomic E-state index is 0.248. The SMILES string of the molecule is Cc1c(Cl)nnc(Cl)c1C(C)(C)CCl. The number of nitrogens with zero attached hydrogens (tertiary/aromatic N) is 2. The zero-order valence-electron chi connectivity index (χ0n) is 8.24. The molecule has 5 heteroatoms. The van der Waals surface area contributed by atoms with Gasteiger partial charge in [0.2, 0.25) is 0 Å². The number of alkyl halides is 1. The maximum Gasteiger partial charge on any atom is 0.155 e. The van der Waals surface area contributed by atoms with Crippen molar-refractivity contribution in [1.82, 2.24) is 10.2 Å². The molecule has 0 aliphatic carbocycles. The first kappa shape index (κ1) is 12.0. The standard InChI is InChI=1S/C9H11Cl3N2/c1-5-6(9(2,3)4-10)8(12)14-13-7(5)11/h4H2,1-3H3. The van der Waals surface area contributed by atoms with Crippen molar-refractivity contribution in [2.45, 2.75) is 26.2 Å². The summed E-state index contributed by atoms with van der Waals surface area (Å²) in [4.78, 5) is 0. The molecule has 0 unspecified atom stereocenters. The molecule has 1 heterocycles. The van der Waals surface area contributed by atoms with E-state index in [0.29, 0.717) is 16.2 Å². The molecule has 0 saturated heterocycles. The van der Waals surface area contributed by atoms with E-state index in [1.54, 1.807) is 0 Å². The number of halogens is 3. The lowest BCUT2D eigenvalue weighted by Gasteiger charge is -2.24. The van der Waals surface area contributed by atoms with Gasteiger partial charge >= 0.3 is 0 Å². The highest BCUT2D eigenvalue weighted by molar-refractivity contribution is 6.32. The Balaban J connectivity index is 3.40. The quantitative estimate of drug-likeness (QED) is 0.753. The van der Waals surface area contributed by atoms with Crippen LogP contribution in [-0.4, -0.2) is 16.1 Å². The fourth-order valence-corrected chi connectivity index (χ4v) is 2.03. The third-order valence-electron chi connectivity index (χ3n) is 2.13. The normalized spacial score (nSPS) is 11.9. The highest BCUT2D eigenvalue weighted by Gasteiger charge is 2.26. The minimum atomic E-state index is -0.248. The van der Waals surface area contributed by atoms with Crippen molar-refractivity contribution in [2.24, 2.45) is 0 Å². The van der Waals surface area contributed by atoms with Gasteiger partial charge in [0.25, 0.3) is 0 Å². The molecule has 0 aliphatic heterocycles. The van der Waals surface area contributed by atoms with Gasteiger partial charge < -0.3 is 0 Å². The summed E-state index contributed by atoms with van der Waals surface area (Å²) in [7, 11) is 0. The first-order chi connectivity index (χ1) is 6.40. The molecule has 78 valence electrons. The molecule has 0 saturated carbocycles. The maximum atomic E-state index is 5.97. The molecule has 0 amide bonds. The molecule has 0 spiro atoms. The van der Waals surface area contributed by atoms with E-state index in [9.17, 15) is 0 Å². The van der Waals surface area contributed by atoms with Crippen LogP contribution in [-0.2, 0) is 5.41 Å². The van der Waals surface area contributed by atoms with Crippen molar-refractivity contribution in [3.8, 4) is 0 Å². The highest BCUT2D eigenvalue weighted by atomic mass is 35.5. The van der Waals surface area contributed by atoms with Gasteiger partial charge in [0, 0.05) is 16.9 Å². The van der Waals surface area contributed by atoms with Gasteiger partial charge in [-0.25, -0.2) is 0 Å². The van der Waals surface area contributed by atoms with E-state index < -0.39 is 0 Å². The van der Waals surface area contributed by atoms with Crippen molar-refractivity contribution >= 4 is 34.8 Å². The molecule has 0 radical (unpaired) electrons. The van der Waals surface area contributed by atoms with Gasteiger partial charge in [-0.3, -0.25) is 0 Å². The van der Waals surface area contributed by atoms with E-state index in [2.05, 4.69) is 10.2 Å². The Labute approximate surface area is 98.6 Å². The smallest absolute Gasteiger partial charge is 0.137 e. The number of aromatic nitrogens is 2. The number of hydrogen-bond donors (Lipinski definition) is 0. The van der Waals surface area contributed by atoms with E-state index in [1.165, 1.54) is 0 Å². The Kier molecular flexibility index (Phi) is 3.62.